The van der Waals surface area contributed by atoms with Crippen LogP contribution < -0.4 is 5.32 Å². The monoisotopic (exact) mass is 252 g/mol. The predicted molar refractivity (Wildman–Crippen MR) is 69.1 cm³/mol. The molecule has 1 aliphatic rings. The quantitative estimate of drug-likeness (QED) is 0.817. The van der Waals surface area contributed by atoms with Crippen LogP contribution in [0, 0.1) is 5.41 Å². The van der Waals surface area contributed by atoms with Crippen molar-refractivity contribution in [3.63, 3.8) is 0 Å². The topological polar surface area (TPSA) is 42.0 Å². The zero-order chi connectivity index (χ0) is 12.3. The van der Waals surface area contributed by atoms with Gasteiger partial charge >= 0.3 is 0 Å². The first kappa shape index (κ1) is 12.4. The molecule has 92 valence electrons. The maximum atomic E-state index is 12.2. The standard InChI is InChI=1S/C13H17ClN2O/c1-13(7-3-2-4-8-13)12(17)16-10-5-6-11(14)15-9-10/h5-6,9H,2-4,7-8H2,1H3,(H,16,17). The lowest BCUT2D eigenvalue weighted by atomic mass is 9.75. The molecule has 4 heteroatoms. The van der Waals surface area contributed by atoms with Crippen molar-refractivity contribution in [1.29, 1.82) is 0 Å². The number of hydrogen-bond acceptors (Lipinski definition) is 2. The van der Waals surface area contributed by atoms with Crippen LogP contribution in [0.5, 0.6) is 0 Å². The first-order valence-corrected chi connectivity index (χ1v) is 6.41. The third kappa shape index (κ3) is 2.97. The van der Waals surface area contributed by atoms with Crippen molar-refractivity contribution in [2.24, 2.45) is 5.41 Å². The fourth-order valence-corrected chi connectivity index (χ4v) is 2.40. The van der Waals surface area contributed by atoms with E-state index in [2.05, 4.69) is 10.3 Å². The van der Waals surface area contributed by atoms with Gasteiger partial charge in [-0.05, 0) is 25.0 Å². The van der Waals surface area contributed by atoms with Gasteiger partial charge in [-0.1, -0.05) is 37.8 Å². The molecular weight excluding hydrogens is 236 g/mol. The van der Waals surface area contributed by atoms with E-state index in [0.717, 1.165) is 25.7 Å². The Labute approximate surface area is 107 Å². The molecule has 0 aliphatic heterocycles. The molecular formula is C13H17ClN2O. The Morgan fingerprint density at radius 2 is 2.06 bits per heavy atom. The molecule has 1 amide bonds. The van der Waals surface area contributed by atoms with E-state index in [-0.39, 0.29) is 11.3 Å². The van der Waals surface area contributed by atoms with E-state index in [0.29, 0.717) is 10.8 Å². The molecule has 3 nitrogen and oxygen atoms in total. The maximum Gasteiger partial charge on any atom is 0.230 e. The highest BCUT2D eigenvalue weighted by atomic mass is 35.5. The van der Waals surface area contributed by atoms with Crippen molar-refractivity contribution in [3.8, 4) is 0 Å². The summed E-state index contributed by atoms with van der Waals surface area (Å²) in [6, 6.07) is 3.46. The van der Waals surface area contributed by atoms with Gasteiger partial charge in [-0.2, -0.15) is 0 Å². The number of pyridine rings is 1. The lowest BCUT2D eigenvalue weighted by molar-refractivity contribution is -0.126. The Bertz CT molecular complexity index is 396. The number of nitrogens with one attached hydrogen (secondary N) is 1. The van der Waals surface area contributed by atoms with Crippen molar-refractivity contribution < 1.29 is 4.79 Å². The molecule has 2 rings (SSSR count). The fourth-order valence-electron chi connectivity index (χ4n) is 2.29. The highest BCUT2D eigenvalue weighted by Crippen LogP contribution is 2.36. The van der Waals surface area contributed by atoms with Crippen LogP contribution >= 0.6 is 11.6 Å². The summed E-state index contributed by atoms with van der Waals surface area (Å²) in [5.74, 6) is 0.0984. The molecule has 1 saturated carbocycles. The Morgan fingerprint density at radius 3 is 2.65 bits per heavy atom. The van der Waals surface area contributed by atoms with Crippen LogP contribution in [0.15, 0.2) is 18.3 Å². The number of carbonyl (C=O) groups is 1. The van der Waals surface area contributed by atoms with E-state index in [1.165, 1.54) is 6.42 Å². The smallest absolute Gasteiger partial charge is 0.230 e. The van der Waals surface area contributed by atoms with Crippen molar-refractivity contribution in [3.05, 3.63) is 23.5 Å². The van der Waals surface area contributed by atoms with Gasteiger partial charge in [0.1, 0.15) is 5.15 Å². The normalized spacial score (nSPS) is 18.7. The average Bonchev–Trinajstić information content (AvgIpc) is 2.33. The van der Waals surface area contributed by atoms with Crippen LogP contribution in [-0.4, -0.2) is 10.9 Å². The SMILES string of the molecule is CC1(C(=O)Nc2ccc(Cl)nc2)CCCCC1. The van der Waals surface area contributed by atoms with Crippen LogP contribution in [-0.2, 0) is 4.79 Å². The number of halogens is 1. The summed E-state index contributed by atoms with van der Waals surface area (Å²) < 4.78 is 0. The number of amides is 1. The van der Waals surface area contributed by atoms with E-state index in [1.807, 2.05) is 6.92 Å². The largest absolute Gasteiger partial charge is 0.324 e. The van der Waals surface area contributed by atoms with E-state index >= 15 is 0 Å². The molecule has 1 aromatic rings. The Kier molecular flexibility index (Phi) is 3.67. The first-order valence-electron chi connectivity index (χ1n) is 6.03. The minimum Gasteiger partial charge on any atom is -0.324 e. The lowest BCUT2D eigenvalue weighted by Gasteiger charge is -2.31. The molecule has 0 atom stereocenters. The van der Waals surface area contributed by atoms with Crippen LogP contribution in [0.25, 0.3) is 0 Å². The van der Waals surface area contributed by atoms with Crippen LogP contribution in [0.3, 0.4) is 0 Å². The third-order valence-corrected chi connectivity index (χ3v) is 3.71. The fraction of sp³-hybridized carbons (Fsp3) is 0.538. The van der Waals surface area contributed by atoms with Crippen molar-refractivity contribution >= 4 is 23.2 Å². The zero-order valence-electron chi connectivity index (χ0n) is 10.0. The van der Waals surface area contributed by atoms with Crippen molar-refractivity contribution in [2.75, 3.05) is 5.32 Å². The van der Waals surface area contributed by atoms with Crippen molar-refractivity contribution in [1.82, 2.24) is 4.98 Å². The molecule has 0 radical (unpaired) electrons. The molecule has 1 aliphatic carbocycles. The Balaban J connectivity index is 2.03. The summed E-state index contributed by atoms with van der Waals surface area (Å²) in [5, 5.41) is 3.36. The molecule has 0 aromatic carbocycles. The third-order valence-electron chi connectivity index (χ3n) is 3.49. The first-order chi connectivity index (χ1) is 8.10. The van der Waals surface area contributed by atoms with Gasteiger partial charge in [0, 0.05) is 5.41 Å². The number of nitrogens with zero attached hydrogens (tertiary/aromatic N) is 1. The molecule has 1 N–H and O–H groups in total. The minimum atomic E-state index is -0.224. The van der Waals surface area contributed by atoms with Crippen LogP contribution in [0.4, 0.5) is 5.69 Å². The second-order valence-electron chi connectivity index (χ2n) is 4.95. The van der Waals surface area contributed by atoms with Crippen LogP contribution in [0.2, 0.25) is 5.15 Å². The number of anilines is 1. The number of hydrogen-bond donors (Lipinski definition) is 1. The summed E-state index contributed by atoms with van der Waals surface area (Å²) in [6.07, 6.45) is 7.06. The second kappa shape index (κ2) is 5.05. The van der Waals surface area contributed by atoms with Gasteiger partial charge in [0.2, 0.25) is 5.91 Å². The summed E-state index contributed by atoms with van der Waals surface area (Å²) in [7, 11) is 0. The average molecular weight is 253 g/mol. The summed E-state index contributed by atoms with van der Waals surface area (Å²) >= 11 is 5.70. The number of rotatable bonds is 2. The second-order valence-corrected chi connectivity index (χ2v) is 5.33. The van der Waals surface area contributed by atoms with Gasteiger partial charge < -0.3 is 5.32 Å². The highest BCUT2D eigenvalue weighted by molar-refractivity contribution is 6.29. The summed E-state index contributed by atoms with van der Waals surface area (Å²) in [5.41, 5.74) is 0.490. The van der Waals surface area contributed by atoms with E-state index < -0.39 is 0 Å². The minimum absolute atomic E-state index is 0.0984. The number of aromatic nitrogens is 1. The molecule has 17 heavy (non-hydrogen) atoms. The summed E-state index contributed by atoms with van der Waals surface area (Å²) in [6.45, 7) is 2.05. The van der Waals surface area contributed by atoms with E-state index in [9.17, 15) is 4.79 Å². The lowest BCUT2D eigenvalue weighted by Crippen LogP contribution is -2.35. The van der Waals surface area contributed by atoms with Gasteiger partial charge in [-0.15, -0.1) is 0 Å². The van der Waals surface area contributed by atoms with Crippen LogP contribution in [0.1, 0.15) is 39.0 Å². The zero-order valence-corrected chi connectivity index (χ0v) is 10.8. The Hall–Kier alpha value is -1.09. The van der Waals surface area contributed by atoms with Gasteiger partial charge in [0.05, 0.1) is 11.9 Å². The predicted octanol–water partition coefficient (Wildman–Crippen LogP) is 3.64. The molecule has 0 spiro atoms. The molecule has 1 heterocycles. The number of carbonyl (C=O) groups excluding carboxylic acids is 1. The molecule has 0 bridgehead atoms. The molecule has 0 unspecified atom stereocenters. The summed E-state index contributed by atoms with van der Waals surface area (Å²) in [4.78, 5) is 16.2. The van der Waals surface area contributed by atoms with E-state index in [4.69, 9.17) is 11.6 Å². The Morgan fingerprint density at radius 1 is 1.35 bits per heavy atom. The van der Waals surface area contributed by atoms with Gasteiger partial charge in [-0.25, -0.2) is 4.98 Å². The molecule has 1 fully saturated rings. The highest BCUT2D eigenvalue weighted by Gasteiger charge is 2.34. The van der Waals surface area contributed by atoms with Gasteiger partial charge in [-0.3, -0.25) is 4.79 Å². The van der Waals surface area contributed by atoms with Gasteiger partial charge in [0.15, 0.2) is 0 Å². The van der Waals surface area contributed by atoms with Gasteiger partial charge in [0.25, 0.3) is 0 Å². The van der Waals surface area contributed by atoms with E-state index in [1.54, 1.807) is 18.3 Å². The maximum absolute atomic E-state index is 12.2. The molecule has 0 saturated heterocycles. The molecule has 1 aromatic heterocycles. The van der Waals surface area contributed by atoms with Crippen molar-refractivity contribution in [2.45, 2.75) is 39.0 Å².